The Morgan fingerprint density at radius 3 is 2.32 bits per heavy atom. The Morgan fingerprint density at radius 2 is 1.84 bits per heavy atom. The van der Waals surface area contributed by atoms with Crippen LogP contribution < -0.4 is 0 Å². The van der Waals surface area contributed by atoms with E-state index in [9.17, 15) is 14.0 Å². The normalized spacial score (nSPS) is 16.7. The Bertz CT molecular complexity index is 387. The second-order valence-corrected chi connectivity index (χ2v) is 10.0. The molecule has 9 heteroatoms. The number of hydrogen-bond donors (Lipinski definition) is 3. The van der Waals surface area contributed by atoms with Gasteiger partial charge >= 0.3 is 14.6 Å². The summed E-state index contributed by atoms with van der Waals surface area (Å²) >= 11 is 0.555. The third kappa shape index (κ3) is 13.1. The van der Waals surface area contributed by atoms with E-state index in [-0.39, 0.29) is 0 Å². The highest BCUT2D eigenvalue weighted by molar-refractivity contribution is 8.55. The lowest BCUT2D eigenvalue weighted by atomic mass is 10.0. The largest absolute Gasteiger partial charge is 0.477 e. The van der Waals surface area contributed by atoms with Gasteiger partial charge in [0.05, 0.1) is 0 Å². The van der Waals surface area contributed by atoms with Crippen LogP contribution in [-0.4, -0.2) is 20.4 Å². The maximum Gasteiger partial charge on any atom is 0.477 e. The van der Waals surface area contributed by atoms with E-state index in [1.807, 2.05) is 20.8 Å². The molecular formula is C10H22O6P2S. The second-order valence-electron chi connectivity index (χ2n) is 4.63. The summed E-state index contributed by atoms with van der Waals surface area (Å²) in [5.74, 6) is 0.696. The fourth-order valence-electron chi connectivity index (χ4n) is 1.33. The van der Waals surface area contributed by atoms with E-state index in [0.717, 1.165) is 12.8 Å². The third-order valence-corrected chi connectivity index (χ3v) is 6.83. The van der Waals surface area contributed by atoms with Gasteiger partial charge in [-0.05, 0) is 50.4 Å². The van der Waals surface area contributed by atoms with Gasteiger partial charge in [0, 0.05) is 5.75 Å². The van der Waals surface area contributed by atoms with Crippen molar-refractivity contribution < 1.29 is 28.1 Å². The molecular weight excluding hydrogens is 310 g/mol. The first kappa shape index (κ1) is 19.4. The molecule has 0 rings (SSSR count). The van der Waals surface area contributed by atoms with Crippen molar-refractivity contribution in [2.75, 3.05) is 5.75 Å². The van der Waals surface area contributed by atoms with Crippen molar-refractivity contribution in [2.45, 2.75) is 40.0 Å². The highest BCUT2D eigenvalue weighted by atomic mass is 32.7. The molecule has 0 spiro atoms. The maximum atomic E-state index is 11.3. The van der Waals surface area contributed by atoms with Crippen molar-refractivity contribution in [2.24, 2.45) is 5.92 Å². The zero-order valence-electron chi connectivity index (χ0n) is 11.4. The van der Waals surface area contributed by atoms with E-state index < -0.39 is 14.6 Å². The quantitative estimate of drug-likeness (QED) is 0.437. The SMILES string of the molecule is CC(C)=CCCC(C)CCSP(=O)(O)OP(=O)(O)O. The van der Waals surface area contributed by atoms with Crippen molar-refractivity contribution in [3.63, 3.8) is 0 Å². The van der Waals surface area contributed by atoms with E-state index >= 15 is 0 Å². The van der Waals surface area contributed by atoms with Crippen molar-refractivity contribution in [3.8, 4) is 0 Å². The van der Waals surface area contributed by atoms with Gasteiger partial charge in [0.1, 0.15) is 0 Å². The fraction of sp³-hybridized carbons (Fsp3) is 0.800. The molecule has 3 N–H and O–H groups in total. The van der Waals surface area contributed by atoms with Crippen LogP contribution >= 0.6 is 26.0 Å². The van der Waals surface area contributed by atoms with Crippen LogP contribution in [-0.2, 0) is 13.4 Å². The smallest absolute Gasteiger partial charge is 0.316 e. The topological polar surface area (TPSA) is 104 Å². The minimum atomic E-state index is -4.92. The summed E-state index contributed by atoms with van der Waals surface area (Å²) in [6.07, 6.45) is 4.76. The summed E-state index contributed by atoms with van der Waals surface area (Å²) in [6.45, 7) is 1.82. The minimum Gasteiger partial charge on any atom is -0.316 e. The van der Waals surface area contributed by atoms with Crippen molar-refractivity contribution in [1.82, 2.24) is 0 Å². The van der Waals surface area contributed by atoms with Gasteiger partial charge < -0.3 is 14.7 Å². The molecule has 2 unspecified atom stereocenters. The zero-order valence-corrected chi connectivity index (χ0v) is 14.0. The Labute approximate surface area is 118 Å². The van der Waals surface area contributed by atoms with E-state index in [1.165, 1.54) is 5.57 Å². The summed E-state index contributed by atoms with van der Waals surface area (Å²) in [5.41, 5.74) is 1.26. The molecule has 0 radical (unpaired) electrons. The lowest BCUT2D eigenvalue weighted by Gasteiger charge is -2.13. The molecule has 0 bridgehead atoms. The molecule has 0 saturated heterocycles. The standard InChI is InChI=1S/C10H22O6P2S/c1-9(2)5-4-6-10(3)7-8-19-18(14,15)16-17(11,12)13/h5,10H,4,6-8H2,1-3H3,(H,14,15)(H2,11,12,13). The Hall–Kier alpha value is 0.390. The Kier molecular flexibility index (Phi) is 8.80. The van der Waals surface area contributed by atoms with E-state index in [4.69, 9.17) is 9.79 Å². The predicted octanol–water partition coefficient (Wildman–Crippen LogP) is 3.70. The van der Waals surface area contributed by atoms with Crippen LogP contribution in [0.4, 0.5) is 0 Å². The molecule has 0 fully saturated rings. The molecule has 2 atom stereocenters. The first-order valence-corrected chi connectivity index (χ1v) is 10.6. The number of rotatable bonds is 9. The van der Waals surface area contributed by atoms with Gasteiger partial charge in [-0.3, -0.25) is 0 Å². The average Bonchev–Trinajstić information content (AvgIpc) is 2.12. The second kappa shape index (κ2) is 8.63. The zero-order chi connectivity index (χ0) is 15.1. The van der Waals surface area contributed by atoms with Gasteiger partial charge in [0.2, 0.25) is 0 Å². The molecule has 0 aliphatic carbocycles. The summed E-state index contributed by atoms with van der Waals surface area (Å²) in [5, 5.41) is 0. The van der Waals surface area contributed by atoms with Crippen molar-refractivity contribution in [3.05, 3.63) is 11.6 Å². The molecule has 0 heterocycles. The van der Waals surface area contributed by atoms with Crippen molar-refractivity contribution >= 4 is 26.0 Å². The van der Waals surface area contributed by atoms with Crippen LogP contribution in [0.15, 0.2) is 11.6 Å². The van der Waals surface area contributed by atoms with Gasteiger partial charge in [-0.2, -0.15) is 4.31 Å². The van der Waals surface area contributed by atoms with Crippen LogP contribution in [0.2, 0.25) is 0 Å². The Morgan fingerprint density at radius 1 is 1.26 bits per heavy atom. The van der Waals surface area contributed by atoms with Gasteiger partial charge in [0.15, 0.2) is 0 Å². The van der Waals surface area contributed by atoms with E-state index in [0.29, 0.717) is 29.5 Å². The van der Waals surface area contributed by atoms with Crippen molar-refractivity contribution in [1.29, 1.82) is 0 Å². The molecule has 114 valence electrons. The summed E-state index contributed by atoms with van der Waals surface area (Å²) < 4.78 is 25.6. The van der Waals surface area contributed by atoms with Gasteiger partial charge in [-0.15, -0.1) is 0 Å². The van der Waals surface area contributed by atoms with Crippen LogP contribution in [0.25, 0.3) is 0 Å². The molecule has 0 aliphatic rings. The maximum absolute atomic E-state index is 11.3. The first-order chi connectivity index (χ1) is 8.52. The third-order valence-electron chi connectivity index (χ3n) is 2.29. The molecule has 0 aromatic rings. The molecule has 0 saturated carbocycles. The highest BCUT2D eigenvalue weighted by Crippen LogP contribution is 2.65. The monoisotopic (exact) mass is 332 g/mol. The average molecular weight is 332 g/mol. The van der Waals surface area contributed by atoms with Crippen LogP contribution in [0.1, 0.15) is 40.0 Å². The highest BCUT2D eigenvalue weighted by Gasteiger charge is 2.31. The Balaban J connectivity index is 3.93. The number of hydrogen-bond acceptors (Lipinski definition) is 4. The lowest BCUT2D eigenvalue weighted by molar-refractivity contribution is 0.270. The predicted molar refractivity (Wildman–Crippen MR) is 77.9 cm³/mol. The van der Waals surface area contributed by atoms with Crippen LogP contribution in [0, 0.1) is 5.92 Å². The molecule has 0 amide bonds. The first-order valence-electron chi connectivity index (χ1n) is 5.89. The lowest BCUT2D eigenvalue weighted by Crippen LogP contribution is -1.96. The number of allylic oxidation sites excluding steroid dienone is 2. The molecule has 0 aliphatic heterocycles. The van der Waals surface area contributed by atoms with Crippen LogP contribution in [0.5, 0.6) is 0 Å². The van der Waals surface area contributed by atoms with Gasteiger partial charge in [0.25, 0.3) is 0 Å². The molecule has 19 heavy (non-hydrogen) atoms. The molecule has 0 aromatic carbocycles. The fourth-order valence-corrected chi connectivity index (χ4v) is 5.54. The number of phosphoric acid groups is 1. The van der Waals surface area contributed by atoms with Crippen LogP contribution in [0.3, 0.4) is 0 Å². The van der Waals surface area contributed by atoms with Gasteiger partial charge in [-0.1, -0.05) is 18.6 Å². The minimum absolute atomic E-state index is 0.323. The van der Waals surface area contributed by atoms with Gasteiger partial charge in [-0.25, -0.2) is 9.13 Å². The summed E-state index contributed by atoms with van der Waals surface area (Å²) in [7, 11) is -4.92. The van der Waals surface area contributed by atoms with E-state index in [2.05, 4.69) is 10.4 Å². The molecule has 6 nitrogen and oxygen atoms in total. The summed E-state index contributed by atoms with van der Waals surface area (Å²) in [4.78, 5) is 26.1. The summed E-state index contributed by atoms with van der Waals surface area (Å²) in [6, 6.07) is 0. The van der Waals surface area contributed by atoms with E-state index in [1.54, 1.807) is 0 Å². The molecule has 0 aromatic heterocycles.